The van der Waals surface area contributed by atoms with Crippen molar-refractivity contribution in [3.63, 3.8) is 0 Å². The summed E-state index contributed by atoms with van der Waals surface area (Å²) in [5.41, 5.74) is 2.03. The predicted molar refractivity (Wildman–Crippen MR) is 83.4 cm³/mol. The maximum atomic E-state index is 10.7. The molecule has 0 spiro atoms. The van der Waals surface area contributed by atoms with E-state index in [0.29, 0.717) is 22.2 Å². The molecule has 2 aromatic carbocycles. The zero-order valence-corrected chi connectivity index (χ0v) is 12.9. The number of carboxylic acids is 1. The molecule has 2 aromatic rings. The van der Waals surface area contributed by atoms with Crippen LogP contribution in [0.1, 0.15) is 18.1 Å². The summed E-state index contributed by atoms with van der Waals surface area (Å²) in [6.07, 6.45) is -0.202. The van der Waals surface area contributed by atoms with E-state index in [1.807, 2.05) is 18.2 Å². The highest BCUT2D eigenvalue weighted by atomic mass is 35.5. The van der Waals surface area contributed by atoms with Crippen LogP contribution in [0, 0.1) is 0 Å². The van der Waals surface area contributed by atoms with Gasteiger partial charge in [-0.1, -0.05) is 41.4 Å². The molecule has 0 radical (unpaired) electrons. The highest BCUT2D eigenvalue weighted by molar-refractivity contribution is 6.35. The van der Waals surface area contributed by atoms with Crippen LogP contribution in [-0.2, 0) is 11.2 Å². The van der Waals surface area contributed by atoms with Crippen LogP contribution < -0.4 is 4.74 Å². The monoisotopic (exact) mass is 324 g/mol. The summed E-state index contributed by atoms with van der Waals surface area (Å²) in [7, 11) is 0. The molecule has 0 amide bonds. The normalized spacial score (nSPS) is 12.0. The van der Waals surface area contributed by atoms with E-state index in [-0.39, 0.29) is 0 Å². The van der Waals surface area contributed by atoms with Gasteiger partial charge >= 0.3 is 5.97 Å². The summed E-state index contributed by atoms with van der Waals surface area (Å²) in [4.78, 5) is 10.7. The fraction of sp³-hybridized carbons (Fsp3) is 0.188. The van der Waals surface area contributed by atoms with Gasteiger partial charge in [0.1, 0.15) is 5.75 Å². The number of halogens is 2. The zero-order valence-electron chi connectivity index (χ0n) is 11.3. The van der Waals surface area contributed by atoms with Crippen molar-refractivity contribution >= 4 is 29.2 Å². The molecule has 0 aromatic heterocycles. The third-order valence-electron chi connectivity index (χ3n) is 2.99. The lowest BCUT2D eigenvalue weighted by Gasteiger charge is -2.11. The van der Waals surface area contributed by atoms with Gasteiger partial charge in [-0.15, -0.1) is 0 Å². The molecule has 0 aliphatic rings. The van der Waals surface area contributed by atoms with E-state index in [9.17, 15) is 4.79 Å². The third kappa shape index (κ3) is 4.38. The topological polar surface area (TPSA) is 46.5 Å². The number of carboxylic acid groups (broad SMARTS) is 1. The molecule has 0 fully saturated rings. The van der Waals surface area contributed by atoms with E-state index < -0.39 is 12.1 Å². The second-order valence-corrected chi connectivity index (χ2v) is 5.50. The molecule has 1 atom stereocenters. The van der Waals surface area contributed by atoms with Crippen LogP contribution in [0.4, 0.5) is 0 Å². The van der Waals surface area contributed by atoms with Crippen molar-refractivity contribution in [3.8, 4) is 5.75 Å². The number of aliphatic carboxylic acids is 1. The summed E-state index contributed by atoms with van der Waals surface area (Å²) >= 11 is 12.0. The molecule has 5 heteroatoms. The summed E-state index contributed by atoms with van der Waals surface area (Å²) in [5.74, 6) is -0.470. The predicted octanol–water partition coefficient (Wildman–Crippen LogP) is 4.44. The second kappa shape index (κ2) is 6.83. The number of carbonyl (C=O) groups is 1. The van der Waals surface area contributed by atoms with Crippen molar-refractivity contribution in [2.75, 3.05) is 0 Å². The Morgan fingerprint density at radius 1 is 1.19 bits per heavy atom. The largest absolute Gasteiger partial charge is 0.479 e. The zero-order chi connectivity index (χ0) is 15.4. The van der Waals surface area contributed by atoms with Crippen LogP contribution in [-0.4, -0.2) is 17.2 Å². The Bertz CT molecular complexity index is 638. The first-order valence-corrected chi connectivity index (χ1v) is 7.13. The van der Waals surface area contributed by atoms with E-state index >= 15 is 0 Å². The fourth-order valence-electron chi connectivity index (χ4n) is 1.83. The second-order valence-electron chi connectivity index (χ2n) is 4.65. The molecule has 0 aliphatic carbocycles. The quantitative estimate of drug-likeness (QED) is 0.884. The van der Waals surface area contributed by atoms with Gasteiger partial charge < -0.3 is 9.84 Å². The number of hydrogen-bond acceptors (Lipinski definition) is 2. The standard InChI is InChI=1S/C16H14Cl2O3/c1-10(16(19)20)21-14-6-2-11(3-7-14)8-12-4-5-13(17)9-15(12)18/h2-7,9-10H,8H2,1H3,(H,19,20)/t10-/m1/s1. The minimum absolute atomic E-state index is 0.524. The third-order valence-corrected chi connectivity index (χ3v) is 3.58. The van der Waals surface area contributed by atoms with Gasteiger partial charge in [0.2, 0.25) is 0 Å². The van der Waals surface area contributed by atoms with Crippen molar-refractivity contribution in [3.05, 3.63) is 63.6 Å². The Labute approximate surface area is 133 Å². The van der Waals surface area contributed by atoms with E-state index in [1.54, 1.807) is 24.3 Å². The summed E-state index contributed by atoms with van der Waals surface area (Å²) in [5, 5.41) is 10.0. The Hall–Kier alpha value is -1.71. The van der Waals surface area contributed by atoms with Gasteiger partial charge in [-0.25, -0.2) is 4.79 Å². The lowest BCUT2D eigenvalue weighted by Crippen LogP contribution is -2.22. The van der Waals surface area contributed by atoms with E-state index in [2.05, 4.69) is 0 Å². The average Bonchev–Trinajstić information content (AvgIpc) is 2.43. The van der Waals surface area contributed by atoms with Crippen LogP contribution in [0.15, 0.2) is 42.5 Å². The van der Waals surface area contributed by atoms with E-state index in [4.69, 9.17) is 33.0 Å². The van der Waals surface area contributed by atoms with Gasteiger partial charge in [0.15, 0.2) is 6.10 Å². The Balaban J connectivity index is 2.07. The minimum Gasteiger partial charge on any atom is -0.479 e. The summed E-state index contributed by atoms with van der Waals surface area (Å²) in [6, 6.07) is 12.7. The summed E-state index contributed by atoms with van der Waals surface area (Å²) in [6.45, 7) is 1.49. The lowest BCUT2D eigenvalue weighted by atomic mass is 10.0. The highest BCUT2D eigenvalue weighted by Crippen LogP contribution is 2.24. The maximum Gasteiger partial charge on any atom is 0.344 e. The number of rotatable bonds is 5. The van der Waals surface area contributed by atoms with Crippen molar-refractivity contribution in [1.82, 2.24) is 0 Å². The molecule has 0 bridgehead atoms. The number of ether oxygens (including phenoxy) is 1. The Morgan fingerprint density at radius 2 is 1.86 bits per heavy atom. The van der Waals surface area contributed by atoms with Gasteiger partial charge in [0.05, 0.1) is 0 Å². The molecule has 1 N–H and O–H groups in total. The first-order chi connectivity index (χ1) is 9.95. The Morgan fingerprint density at radius 3 is 2.43 bits per heavy atom. The molecule has 110 valence electrons. The molecule has 0 heterocycles. The van der Waals surface area contributed by atoms with Gasteiger partial charge in [0.25, 0.3) is 0 Å². The average molecular weight is 325 g/mol. The van der Waals surface area contributed by atoms with Crippen LogP contribution >= 0.6 is 23.2 Å². The first kappa shape index (κ1) is 15.7. The van der Waals surface area contributed by atoms with Gasteiger partial charge in [-0.2, -0.15) is 0 Å². The molecule has 0 aliphatic heterocycles. The van der Waals surface area contributed by atoms with Crippen LogP contribution in [0.5, 0.6) is 5.75 Å². The SMILES string of the molecule is C[C@@H](Oc1ccc(Cc2ccc(Cl)cc2Cl)cc1)C(=O)O. The smallest absolute Gasteiger partial charge is 0.344 e. The Kier molecular flexibility index (Phi) is 5.10. The van der Waals surface area contributed by atoms with Crippen molar-refractivity contribution in [2.24, 2.45) is 0 Å². The van der Waals surface area contributed by atoms with Crippen LogP contribution in [0.2, 0.25) is 10.0 Å². The molecular weight excluding hydrogens is 311 g/mol. The molecule has 21 heavy (non-hydrogen) atoms. The molecule has 0 unspecified atom stereocenters. The maximum absolute atomic E-state index is 10.7. The molecule has 0 saturated carbocycles. The van der Waals surface area contributed by atoms with Crippen molar-refractivity contribution in [2.45, 2.75) is 19.4 Å². The van der Waals surface area contributed by atoms with Gasteiger partial charge in [-0.05, 0) is 48.7 Å². The van der Waals surface area contributed by atoms with Crippen LogP contribution in [0.25, 0.3) is 0 Å². The summed E-state index contributed by atoms with van der Waals surface area (Å²) < 4.78 is 5.28. The van der Waals surface area contributed by atoms with Gasteiger partial charge in [-0.3, -0.25) is 0 Å². The van der Waals surface area contributed by atoms with Crippen molar-refractivity contribution < 1.29 is 14.6 Å². The number of benzene rings is 2. The van der Waals surface area contributed by atoms with Gasteiger partial charge in [0, 0.05) is 10.0 Å². The highest BCUT2D eigenvalue weighted by Gasteiger charge is 2.12. The molecule has 2 rings (SSSR count). The number of hydrogen-bond donors (Lipinski definition) is 1. The van der Waals surface area contributed by atoms with E-state index in [0.717, 1.165) is 11.1 Å². The lowest BCUT2D eigenvalue weighted by molar-refractivity contribution is -0.144. The first-order valence-electron chi connectivity index (χ1n) is 6.38. The van der Waals surface area contributed by atoms with Crippen LogP contribution in [0.3, 0.4) is 0 Å². The van der Waals surface area contributed by atoms with Crippen molar-refractivity contribution in [1.29, 1.82) is 0 Å². The fourth-order valence-corrected chi connectivity index (χ4v) is 2.30. The molecule has 3 nitrogen and oxygen atoms in total. The molecule has 0 saturated heterocycles. The van der Waals surface area contributed by atoms with E-state index in [1.165, 1.54) is 6.92 Å². The molecular formula is C16H14Cl2O3. The minimum atomic E-state index is -0.993.